The molecule has 2 heterocycles. The van der Waals surface area contributed by atoms with Crippen LogP contribution in [0.25, 0.3) is 10.2 Å². The highest BCUT2D eigenvalue weighted by atomic mass is 32.1. The zero-order chi connectivity index (χ0) is 17.7. The number of thiophene rings is 1. The van der Waals surface area contributed by atoms with Crippen LogP contribution in [0, 0.1) is 12.8 Å². The summed E-state index contributed by atoms with van der Waals surface area (Å²) in [5.41, 5.74) is 6.30. The lowest BCUT2D eigenvalue weighted by Gasteiger charge is -2.14. The highest BCUT2D eigenvalue weighted by molar-refractivity contribution is 7.20. The fourth-order valence-electron chi connectivity index (χ4n) is 2.44. The van der Waals surface area contributed by atoms with Crippen molar-refractivity contribution in [3.05, 3.63) is 16.8 Å². The number of fused-ring (bicyclic) bond motifs is 1. The van der Waals surface area contributed by atoms with Crippen molar-refractivity contribution in [2.24, 2.45) is 5.92 Å². The third kappa shape index (κ3) is 3.64. The monoisotopic (exact) mass is 350 g/mol. The molecule has 1 amide bonds. The number of carbonyl (C=O) groups is 2. The molecule has 0 radical (unpaired) electrons. The van der Waals surface area contributed by atoms with Crippen LogP contribution in [0.4, 0.5) is 5.82 Å². The number of esters is 1. The Morgan fingerprint density at radius 1 is 1.25 bits per heavy atom. The first kappa shape index (κ1) is 18.1. The van der Waals surface area contributed by atoms with Gasteiger partial charge in [-0.3, -0.25) is 15.6 Å². The number of hydrogen-bond donors (Lipinski definition) is 2. The summed E-state index contributed by atoms with van der Waals surface area (Å²) in [5.74, 6) is -0.0210. The molecule has 0 saturated carbocycles. The number of hydrazine groups is 1. The van der Waals surface area contributed by atoms with Crippen molar-refractivity contribution in [3.63, 3.8) is 0 Å². The van der Waals surface area contributed by atoms with Gasteiger partial charge in [0, 0.05) is 5.92 Å². The number of amides is 1. The quantitative estimate of drug-likeness (QED) is 0.589. The molecule has 0 aliphatic carbocycles. The number of hydrogen-bond acceptors (Lipinski definition) is 7. The molecule has 2 N–H and O–H groups in total. The van der Waals surface area contributed by atoms with Crippen LogP contribution in [0.15, 0.2) is 6.33 Å². The average Bonchev–Trinajstić information content (AvgIpc) is 2.92. The summed E-state index contributed by atoms with van der Waals surface area (Å²) in [7, 11) is 0. The molecule has 0 unspecified atom stereocenters. The molecule has 0 fully saturated rings. The predicted molar refractivity (Wildman–Crippen MR) is 93.9 cm³/mol. The molecule has 0 spiro atoms. The average molecular weight is 350 g/mol. The highest BCUT2D eigenvalue weighted by Crippen LogP contribution is 2.33. The van der Waals surface area contributed by atoms with Gasteiger partial charge in [-0.2, -0.15) is 0 Å². The molecule has 7 nitrogen and oxygen atoms in total. The van der Waals surface area contributed by atoms with Gasteiger partial charge >= 0.3 is 5.97 Å². The van der Waals surface area contributed by atoms with Gasteiger partial charge in [0.1, 0.15) is 16.0 Å². The summed E-state index contributed by atoms with van der Waals surface area (Å²) < 4.78 is 5.07. The summed E-state index contributed by atoms with van der Waals surface area (Å²) in [6.45, 7) is 7.86. The summed E-state index contributed by atoms with van der Waals surface area (Å²) in [4.78, 5) is 33.7. The lowest BCUT2D eigenvalue weighted by atomic mass is 10.0. The lowest BCUT2D eigenvalue weighted by molar-refractivity contribution is -0.124. The topological polar surface area (TPSA) is 93.2 Å². The van der Waals surface area contributed by atoms with E-state index in [4.69, 9.17) is 4.74 Å². The molecule has 0 bridgehead atoms. The molecule has 0 saturated heterocycles. The van der Waals surface area contributed by atoms with Crippen molar-refractivity contribution in [3.8, 4) is 0 Å². The van der Waals surface area contributed by atoms with E-state index in [-0.39, 0.29) is 17.8 Å². The van der Waals surface area contributed by atoms with Gasteiger partial charge in [0.05, 0.1) is 12.0 Å². The zero-order valence-corrected chi connectivity index (χ0v) is 15.1. The Morgan fingerprint density at radius 3 is 2.58 bits per heavy atom. The third-order valence-electron chi connectivity index (χ3n) is 3.85. The Hall–Kier alpha value is -2.22. The fraction of sp³-hybridized carbons (Fsp3) is 0.500. The largest absolute Gasteiger partial charge is 0.462 e. The van der Waals surface area contributed by atoms with Crippen LogP contribution >= 0.6 is 11.3 Å². The van der Waals surface area contributed by atoms with Gasteiger partial charge in [-0.25, -0.2) is 14.8 Å². The maximum atomic E-state index is 12.1. The number of aryl methyl sites for hydroxylation is 1. The van der Waals surface area contributed by atoms with E-state index in [0.717, 1.165) is 23.8 Å². The molecule has 0 aliphatic rings. The molecule has 0 aliphatic heterocycles. The number of anilines is 1. The highest BCUT2D eigenvalue weighted by Gasteiger charge is 2.21. The molecule has 24 heavy (non-hydrogen) atoms. The molecular formula is C16H22N4O3S. The van der Waals surface area contributed by atoms with Gasteiger partial charge in [-0.15, -0.1) is 11.3 Å². The van der Waals surface area contributed by atoms with E-state index >= 15 is 0 Å². The van der Waals surface area contributed by atoms with E-state index < -0.39 is 0 Å². The summed E-state index contributed by atoms with van der Waals surface area (Å²) in [6, 6.07) is 0. The van der Waals surface area contributed by atoms with E-state index in [1.54, 1.807) is 6.92 Å². The summed E-state index contributed by atoms with van der Waals surface area (Å²) in [5, 5.41) is 0.718. The van der Waals surface area contributed by atoms with Crippen LogP contribution < -0.4 is 10.9 Å². The first-order valence-corrected chi connectivity index (χ1v) is 8.82. The first-order valence-electron chi connectivity index (χ1n) is 8.00. The Bertz CT molecular complexity index is 740. The van der Waals surface area contributed by atoms with Crippen molar-refractivity contribution in [2.75, 3.05) is 12.0 Å². The zero-order valence-electron chi connectivity index (χ0n) is 14.3. The Morgan fingerprint density at radius 2 is 1.96 bits per heavy atom. The Labute approximate surface area is 144 Å². The van der Waals surface area contributed by atoms with Crippen LogP contribution in [0.3, 0.4) is 0 Å². The minimum atomic E-state index is -0.370. The van der Waals surface area contributed by atoms with Gasteiger partial charge in [-0.05, 0) is 32.3 Å². The molecule has 0 atom stereocenters. The number of rotatable bonds is 7. The van der Waals surface area contributed by atoms with Gasteiger partial charge in [-0.1, -0.05) is 13.8 Å². The van der Waals surface area contributed by atoms with Crippen molar-refractivity contribution in [1.82, 2.24) is 15.4 Å². The van der Waals surface area contributed by atoms with Crippen LogP contribution in [-0.2, 0) is 9.53 Å². The van der Waals surface area contributed by atoms with Crippen LogP contribution in [0.1, 0.15) is 48.8 Å². The molecule has 2 aromatic heterocycles. The normalized spacial score (nSPS) is 10.9. The maximum Gasteiger partial charge on any atom is 0.348 e. The number of nitrogens with zero attached hydrogens (tertiary/aromatic N) is 2. The van der Waals surface area contributed by atoms with E-state index in [0.29, 0.717) is 22.1 Å². The van der Waals surface area contributed by atoms with Crippen molar-refractivity contribution in [1.29, 1.82) is 0 Å². The second-order valence-corrected chi connectivity index (χ2v) is 6.31. The fourth-order valence-corrected chi connectivity index (χ4v) is 3.48. The van der Waals surface area contributed by atoms with Gasteiger partial charge < -0.3 is 4.74 Å². The van der Waals surface area contributed by atoms with E-state index in [9.17, 15) is 9.59 Å². The minimum Gasteiger partial charge on any atom is -0.462 e. The van der Waals surface area contributed by atoms with Crippen LogP contribution in [-0.4, -0.2) is 28.5 Å². The summed E-state index contributed by atoms with van der Waals surface area (Å²) in [6.07, 6.45) is 2.94. The Balaban J connectivity index is 2.28. The molecule has 0 aromatic carbocycles. The van der Waals surface area contributed by atoms with E-state index in [1.807, 2.05) is 20.8 Å². The molecule has 8 heteroatoms. The third-order valence-corrected chi connectivity index (χ3v) is 5.03. The van der Waals surface area contributed by atoms with Gasteiger partial charge in [0.15, 0.2) is 5.82 Å². The maximum absolute atomic E-state index is 12.1. The number of ether oxygens (including phenoxy) is 1. The standard InChI is InChI=1S/C16H22N4O3S/c1-5-10(6-2)14(21)20-19-13-11-9(4)12(16(22)23-7-3)24-15(11)18-8-17-13/h8,10H,5-7H2,1-4H3,(H,20,21)(H,17,18,19). The number of nitrogens with one attached hydrogen (secondary N) is 2. The van der Waals surface area contributed by atoms with Gasteiger partial charge in [0.2, 0.25) is 5.91 Å². The predicted octanol–water partition coefficient (Wildman–Crippen LogP) is 3.06. The second kappa shape index (κ2) is 8.05. The number of carbonyl (C=O) groups excluding carboxylic acids is 2. The van der Waals surface area contributed by atoms with Crippen LogP contribution in [0.5, 0.6) is 0 Å². The smallest absolute Gasteiger partial charge is 0.348 e. The minimum absolute atomic E-state index is 0.0477. The second-order valence-electron chi connectivity index (χ2n) is 5.31. The molecule has 130 valence electrons. The first-order chi connectivity index (χ1) is 11.5. The van der Waals surface area contributed by atoms with E-state index in [1.165, 1.54) is 17.7 Å². The lowest BCUT2D eigenvalue weighted by Crippen LogP contribution is -2.35. The molecular weight excluding hydrogens is 328 g/mol. The van der Waals surface area contributed by atoms with Crippen molar-refractivity contribution in [2.45, 2.75) is 40.5 Å². The SMILES string of the molecule is CCOC(=O)c1sc2ncnc(NNC(=O)C(CC)CC)c2c1C. The van der Waals surface area contributed by atoms with Crippen LogP contribution in [0.2, 0.25) is 0 Å². The van der Waals surface area contributed by atoms with Crippen molar-refractivity contribution < 1.29 is 14.3 Å². The molecule has 2 rings (SSSR count). The summed E-state index contributed by atoms with van der Waals surface area (Å²) >= 11 is 1.26. The van der Waals surface area contributed by atoms with Gasteiger partial charge in [0.25, 0.3) is 0 Å². The number of aromatic nitrogens is 2. The Kier molecular flexibility index (Phi) is 6.08. The van der Waals surface area contributed by atoms with E-state index in [2.05, 4.69) is 20.8 Å². The van der Waals surface area contributed by atoms with Crippen molar-refractivity contribution >= 4 is 39.2 Å². The molecule has 2 aromatic rings.